The third kappa shape index (κ3) is 7.55. The number of ether oxygens (including phenoxy) is 3. The number of hydrogen-bond donors (Lipinski definition) is 1. The minimum atomic E-state index is -0.547. The lowest BCUT2D eigenvalue weighted by Crippen LogP contribution is -2.13. The van der Waals surface area contributed by atoms with E-state index in [0.717, 1.165) is 29.2 Å². The van der Waals surface area contributed by atoms with Crippen molar-refractivity contribution < 1.29 is 19.0 Å². The summed E-state index contributed by atoms with van der Waals surface area (Å²) in [7, 11) is 0. The van der Waals surface area contributed by atoms with Gasteiger partial charge in [0.25, 0.3) is 5.91 Å². The molecule has 0 unspecified atom stereocenters. The van der Waals surface area contributed by atoms with Gasteiger partial charge in [-0.3, -0.25) is 10.1 Å². The number of carbonyl (C=O) groups excluding carboxylic acids is 1. The van der Waals surface area contributed by atoms with E-state index >= 15 is 0 Å². The fourth-order valence-electron chi connectivity index (χ4n) is 3.35. The molecule has 0 atom stereocenters. The van der Waals surface area contributed by atoms with Crippen molar-refractivity contribution in [2.75, 3.05) is 25.1 Å². The van der Waals surface area contributed by atoms with Crippen LogP contribution in [0.5, 0.6) is 17.2 Å². The van der Waals surface area contributed by atoms with Crippen LogP contribution < -0.4 is 19.5 Å². The Morgan fingerprint density at radius 3 is 2.53 bits per heavy atom. The lowest BCUT2D eigenvalue weighted by atomic mass is 10.1. The van der Waals surface area contributed by atoms with E-state index in [9.17, 15) is 10.1 Å². The van der Waals surface area contributed by atoms with E-state index in [2.05, 4.69) is 28.5 Å². The molecule has 0 radical (unpaired) electrons. The highest BCUT2D eigenvalue weighted by Gasteiger charge is 2.14. The second-order valence-electron chi connectivity index (χ2n) is 7.82. The second kappa shape index (κ2) is 13.3. The van der Waals surface area contributed by atoms with Gasteiger partial charge in [0.2, 0.25) is 5.13 Å². The van der Waals surface area contributed by atoms with Gasteiger partial charge in [-0.1, -0.05) is 37.3 Å². The molecule has 1 heterocycles. The van der Waals surface area contributed by atoms with Gasteiger partial charge < -0.3 is 14.2 Å². The average molecular weight is 507 g/mol. The zero-order chi connectivity index (χ0) is 25.9. The van der Waals surface area contributed by atoms with E-state index in [1.54, 1.807) is 18.2 Å². The Morgan fingerprint density at radius 1 is 1.03 bits per heavy atom. The minimum absolute atomic E-state index is 0.0580. The smallest absolute Gasteiger partial charge is 0.268 e. The Labute approximate surface area is 215 Å². The van der Waals surface area contributed by atoms with Gasteiger partial charge in [-0.15, -0.1) is 10.2 Å². The molecule has 1 aromatic heterocycles. The molecule has 0 aliphatic rings. The van der Waals surface area contributed by atoms with Crippen molar-refractivity contribution in [1.82, 2.24) is 10.2 Å². The summed E-state index contributed by atoms with van der Waals surface area (Å²) in [5.41, 5.74) is 2.96. The number of aryl methyl sites for hydroxylation is 3. The summed E-state index contributed by atoms with van der Waals surface area (Å²) < 4.78 is 17.5. The topological polar surface area (TPSA) is 106 Å². The number of aromatic nitrogens is 2. The first-order valence-corrected chi connectivity index (χ1v) is 12.7. The van der Waals surface area contributed by atoms with Crippen molar-refractivity contribution in [3.63, 3.8) is 0 Å². The molecule has 3 rings (SSSR count). The summed E-state index contributed by atoms with van der Waals surface area (Å²) >= 11 is 1.28. The summed E-state index contributed by atoms with van der Waals surface area (Å²) in [4.78, 5) is 12.5. The molecule has 0 saturated heterocycles. The van der Waals surface area contributed by atoms with Crippen molar-refractivity contribution in [1.29, 1.82) is 5.26 Å². The molecule has 0 saturated carbocycles. The molecule has 36 heavy (non-hydrogen) atoms. The highest BCUT2D eigenvalue weighted by Crippen LogP contribution is 2.30. The number of amides is 1. The van der Waals surface area contributed by atoms with Gasteiger partial charge >= 0.3 is 0 Å². The minimum Gasteiger partial charge on any atom is -0.490 e. The number of nitrogens with zero attached hydrogens (tertiary/aromatic N) is 3. The number of rotatable bonds is 12. The van der Waals surface area contributed by atoms with Gasteiger partial charge in [0.1, 0.15) is 35.6 Å². The van der Waals surface area contributed by atoms with Crippen LogP contribution in [0.3, 0.4) is 0 Å². The molecule has 0 aliphatic heterocycles. The molecule has 188 valence electrons. The van der Waals surface area contributed by atoms with Gasteiger partial charge in [-0.2, -0.15) is 5.26 Å². The normalized spacial score (nSPS) is 11.0. The Bertz CT molecular complexity index is 1260. The fraction of sp³-hybridized carbons (Fsp3) is 0.333. The Morgan fingerprint density at radius 2 is 1.83 bits per heavy atom. The van der Waals surface area contributed by atoms with E-state index in [0.29, 0.717) is 42.0 Å². The zero-order valence-electron chi connectivity index (χ0n) is 21.0. The number of carbonyl (C=O) groups is 1. The Hall–Kier alpha value is -3.90. The summed E-state index contributed by atoms with van der Waals surface area (Å²) in [6, 6.07) is 13.4. The molecule has 3 aromatic rings. The van der Waals surface area contributed by atoms with Gasteiger partial charge in [0.15, 0.2) is 11.5 Å². The first-order valence-electron chi connectivity index (χ1n) is 11.8. The maximum Gasteiger partial charge on any atom is 0.268 e. The molecule has 1 amide bonds. The van der Waals surface area contributed by atoms with E-state index in [-0.39, 0.29) is 5.57 Å². The van der Waals surface area contributed by atoms with Crippen LogP contribution in [0.2, 0.25) is 0 Å². The quantitative estimate of drug-likeness (QED) is 0.200. The van der Waals surface area contributed by atoms with E-state index in [1.165, 1.54) is 23.0 Å². The van der Waals surface area contributed by atoms with Crippen LogP contribution in [-0.4, -0.2) is 35.9 Å². The maximum absolute atomic E-state index is 12.5. The number of nitrogens with one attached hydrogen (secondary N) is 1. The third-order valence-corrected chi connectivity index (χ3v) is 6.04. The lowest BCUT2D eigenvalue weighted by molar-refractivity contribution is -0.112. The summed E-state index contributed by atoms with van der Waals surface area (Å²) in [6.45, 7) is 9.14. The molecule has 8 nitrogen and oxygen atoms in total. The highest BCUT2D eigenvalue weighted by atomic mass is 32.1. The van der Waals surface area contributed by atoms with E-state index in [1.807, 2.05) is 39.0 Å². The average Bonchev–Trinajstić information content (AvgIpc) is 3.33. The molecule has 1 N–H and O–H groups in total. The molecular formula is C27H30N4O4S. The molecule has 0 fully saturated rings. The first kappa shape index (κ1) is 26.7. The first-order chi connectivity index (χ1) is 17.4. The summed E-state index contributed by atoms with van der Waals surface area (Å²) in [5, 5.41) is 21.2. The SMILES string of the molecule is CCOc1cc(C=C(C#N)C(=O)Nc2nnc(CC)s2)ccc1OCCOc1cc(C)cc(CC)c1. The predicted octanol–water partition coefficient (Wildman–Crippen LogP) is 5.37. The number of benzene rings is 2. The number of anilines is 1. The Kier molecular flexibility index (Phi) is 9.83. The van der Waals surface area contributed by atoms with Crippen LogP contribution in [0, 0.1) is 18.3 Å². The molecular weight excluding hydrogens is 476 g/mol. The van der Waals surface area contributed by atoms with Crippen molar-refractivity contribution >= 4 is 28.5 Å². The van der Waals surface area contributed by atoms with Crippen molar-refractivity contribution in [3.05, 3.63) is 63.7 Å². The van der Waals surface area contributed by atoms with E-state index < -0.39 is 5.91 Å². The monoisotopic (exact) mass is 506 g/mol. The molecule has 0 aliphatic carbocycles. The molecule has 2 aromatic carbocycles. The van der Waals surface area contributed by atoms with Crippen LogP contribution in [0.4, 0.5) is 5.13 Å². The summed E-state index contributed by atoms with van der Waals surface area (Å²) in [6.07, 6.45) is 3.17. The van der Waals surface area contributed by atoms with Crippen LogP contribution in [-0.2, 0) is 17.6 Å². The Balaban J connectivity index is 1.65. The number of hydrogen-bond acceptors (Lipinski definition) is 8. The molecule has 0 bridgehead atoms. The van der Waals surface area contributed by atoms with Crippen LogP contribution in [0.1, 0.15) is 42.5 Å². The van der Waals surface area contributed by atoms with Gasteiger partial charge in [-0.05, 0) is 73.7 Å². The zero-order valence-corrected chi connectivity index (χ0v) is 21.8. The summed E-state index contributed by atoms with van der Waals surface area (Å²) in [5.74, 6) is 1.35. The van der Waals surface area contributed by atoms with Crippen molar-refractivity contribution in [2.45, 2.75) is 40.5 Å². The van der Waals surface area contributed by atoms with Crippen LogP contribution in [0.25, 0.3) is 6.08 Å². The van der Waals surface area contributed by atoms with Gasteiger partial charge in [-0.25, -0.2) is 0 Å². The lowest BCUT2D eigenvalue weighted by Gasteiger charge is -2.14. The fourth-order valence-corrected chi connectivity index (χ4v) is 4.03. The predicted molar refractivity (Wildman–Crippen MR) is 141 cm³/mol. The third-order valence-electron chi connectivity index (χ3n) is 5.06. The van der Waals surface area contributed by atoms with Crippen molar-refractivity contribution in [2.24, 2.45) is 0 Å². The van der Waals surface area contributed by atoms with E-state index in [4.69, 9.17) is 14.2 Å². The van der Waals surface area contributed by atoms with Crippen LogP contribution in [0.15, 0.2) is 42.0 Å². The van der Waals surface area contributed by atoms with Gasteiger partial charge in [0.05, 0.1) is 6.61 Å². The highest BCUT2D eigenvalue weighted by molar-refractivity contribution is 7.15. The second-order valence-corrected chi connectivity index (χ2v) is 8.88. The number of nitriles is 1. The van der Waals surface area contributed by atoms with Crippen molar-refractivity contribution in [3.8, 4) is 23.3 Å². The van der Waals surface area contributed by atoms with Gasteiger partial charge in [0, 0.05) is 0 Å². The maximum atomic E-state index is 12.5. The molecule has 0 spiro atoms. The van der Waals surface area contributed by atoms with Crippen LogP contribution >= 0.6 is 11.3 Å². The molecule has 9 heteroatoms. The standard InChI is InChI=1S/C27H30N4O4S/c1-5-19-12-18(4)13-22(15-19)34-10-11-35-23-9-8-20(16-24(23)33-7-3)14-21(17-28)26(32)29-27-31-30-25(6-2)36-27/h8-9,12-16H,5-7,10-11H2,1-4H3,(H,29,31,32). The largest absolute Gasteiger partial charge is 0.490 e.